The van der Waals surface area contributed by atoms with Crippen LogP contribution >= 0.6 is 23.0 Å². The van der Waals surface area contributed by atoms with Crippen molar-refractivity contribution >= 4 is 40.6 Å². The van der Waals surface area contributed by atoms with Crippen molar-refractivity contribution in [3.8, 4) is 11.5 Å². The number of carboxylic acid groups (broad SMARTS) is 1. The van der Waals surface area contributed by atoms with Crippen molar-refractivity contribution in [3.63, 3.8) is 0 Å². The SMILES string of the molecule is CNc1cc(OCCCCCC(=O)O)c(OI)cc1C(=O)OC. The molecule has 0 atom stereocenters. The number of carbonyl (C=O) groups excluding carboxylic acids is 1. The Morgan fingerprint density at radius 3 is 2.52 bits per heavy atom. The fourth-order valence-corrected chi connectivity index (χ4v) is 2.30. The van der Waals surface area contributed by atoms with Crippen molar-refractivity contribution in [2.24, 2.45) is 0 Å². The van der Waals surface area contributed by atoms with E-state index in [0.29, 0.717) is 35.8 Å². The predicted molar refractivity (Wildman–Crippen MR) is 93.6 cm³/mol. The Kier molecular flexibility index (Phi) is 8.52. The van der Waals surface area contributed by atoms with Gasteiger partial charge >= 0.3 is 11.9 Å². The molecular weight excluding hydrogens is 417 g/mol. The van der Waals surface area contributed by atoms with E-state index in [1.165, 1.54) is 7.11 Å². The molecule has 0 unspecified atom stereocenters. The largest absolute Gasteiger partial charge is 0.490 e. The van der Waals surface area contributed by atoms with Gasteiger partial charge < -0.3 is 23.0 Å². The van der Waals surface area contributed by atoms with Crippen LogP contribution in [0.5, 0.6) is 11.5 Å². The van der Waals surface area contributed by atoms with E-state index in [-0.39, 0.29) is 6.42 Å². The second-order valence-corrected chi connectivity index (χ2v) is 5.16. The number of benzene rings is 1. The van der Waals surface area contributed by atoms with E-state index in [0.717, 1.165) is 12.8 Å². The van der Waals surface area contributed by atoms with E-state index in [1.54, 1.807) is 42.2 Å². The van der Waals surface area contributed by atoms with Crippen LogP contribution in [0.2, 0.25) is 0 Å². The Balaban J connectivity index is 2.70. The van der Waals surface area contributed by atoms with Crippen LogP contribution in [-0.2, 0) is 9.53 Å². The first-order valence-electron chi connectivity index (χ1n) is 7.10. The Bertz CT molecular complexity index is 549. The second-order valence-electron chi connectivity index (χ2n) is 4.72. The highest BCUT2D eigenvalue weighted by molar-refractivity contribution is 14.1. The molecule has 0 aromatic heterocycles. The van der Waals surface area contributed by atoms with Gasteiger partial charge in [-0.25, -0.2) is 4.79 Å². The van der Waals surface area contributed by atoms with E-state index in [1.807, 2.05) is 0 Å². The predicted octanol–water partition coefficient (Wildman–Crippen LogP) is 3.27. The molecule has 0 spiro atoms. The topological polar surface area (TPSA) is 94.1 Å². The van der Waals surface area contributed by atoms with Gasteiger partial charge in [0.2, 0.25) is 0 Å². The summed E-state index contributed by atoms with van der Waals surface area (Å²) in [5, 5.41) is 11.5. The maximum Gasteiger partial charge on any atom is 0.340 e. The summed E-state index contributed by atoms with van der Waals surface area (Å²) in [5.74, 6) is -0.321. The third-order valence-corrected chi connectivity index (χ3v) is 3.61. The van der Waals surface area contributed by atoms with Gasteiger partial charge in [-0.1, -0.05) is 0 Å². The van der Waals surface area contributed by atoms with Gasteiger partial charge in [0.05, 0.1) is 25.0 Å². The van der Waals surface area contributed by atoms with E-state index >= 15 is 0 Å². The number of rotatable bonds is 10. The summed E-state index contributed by atoms with van der Waals surface area (Å²) in [6.45, 7) is 0.438. The number of hydrogen-bond acceptors (Lipinski definition) is 6. The number of anilines is 1. The van der Waals surface area contributed by atoms with Crippen LogP contribution in [0.1, 0.15) is 36.0 Å². The molecule has 0 saturated heterocycles. The van der Waals surface area contributed by atoms with E-state index in [4.69, 9.17) is 17.6 Å². The molecule has 128 valence electrons. The first-order chi connectivity index (χ1) is 11.0. The van der Waals surface area contributed by atoms with E-state index in [2.05, 4.69) is 5.32 Å². The van der Waals surface area contributed by atoms with Gasteiger partial charge in [0.25, 0.3) is 0 Å². The Morgan fingerprint density at radius 1 is 1.22 bits per heavy atom. The minimum atomic E-state index is -0.788. The van der Waals surface area contributed by atoms with Crippen molar-refractivity contribution in [3.05, 3.63) is 17.7 Å². The molecule has 1 aromatic rings. The van der Waals surface area contributed by atoms with Gasteiger partial charge in [-0.2, -0.15) is 0 Å². The quantitative estimate of drug-likeness (QED) is 0.330. The number of carboxylic acids is 1. The number of hydrogen-bond donors (Lipinski definition) is 2. The van der Waals surface area contributed by atoms with Gasteiger partial charge in [0.15, 0.2) is 34.5 Å². The molecule has 0 radical (unpaired) electrons. The molecule has 0 saturated carbocycles. The van der Waals surface area contributed by atoms with Gasteiger partial charge in [-0.3, -0.25) is 4.79 Å². The van der Waals surface area contributed by atoms with E-state index in [9.17, 15) is 9.59 Å². The number of unbranched alkanes of at least 4 members (excludes halogenated alkanes) is 2. The number of methoxy groups -OCH3 is 1. The Hall–Kier alpha value is -1.71. The molecule has 0 fully saturated rings. The van der Waals surface area contributed by atoms with Gasteiger partial charge in [0, 0.05) is 25.6 Å². The zero-order valence-electron chi connectivity index (χ0n) is 13.1. The average molecular weight is 437 g/mol. The van der Waals surface area contributed by atoms with Crippen LogP contribution < -0.4 is 13.1 Å². The number of carbonyl (C=O) groups is 2. The molecule has 0 aliphatic carbocycles. The number of aliphatic carboxylic acids is 1. The van der Waals surface area contributed by atoms with Crippen molar-refractivity contribution in [2.45, 2.75) is 25.7 Å². The zero-order valence-corrected chi connectivity index (χ0v) is 15.2. The molecule has 1 rings (SSSR count). The highest BCUT2D eigenvalue weighted by Crippen LogP contribution is 2.35. The number of ether oxygens (including phenoxy) is 2. The van der Waals surface area contributed by atoms with Crippen molar-refractivity contribution in [1.29, 1.82) is 0 Å². The highest BCUT2D eigenvalue weighted by atomic mass is 127. The Labute approximate surface area is 149 Å². The highest BCUT2D eigenvalue weighted by Gasteiger charge is 2.17. The van der Waals surface area contributed by atoms with Gasteiger partial charge in [-0.05, 0) is 19.3 Å². The number of nitrogens with one attached hydrogen (secondary N) is 1. The molecule has 0 bridgehead atoms. The Morgan fingerprint density at radius 2 is 1.96 bits per heavy atom. The lowest BCUT2D eigenvalue weighted by Gasteiger charge is -2.14. The minimum Gasteiger partial charge on any atom is -0.490 e. The molecule has 2 N–H and O–H groups in total. The lowest BCUT2D eigenvalue weighted by atomic mass is 10.1. The molecule has 0 aliphatic rings. The summed E-state index contributed by atoms with van der Waals surface area (Å²) < 4.78 is 15.6. The minimum absolute atomic E-state index is 0.167. The summed E-state index contributed by atoms with van der Waals surface area (Å²) in [6.07, 6.45) is 2.30. The van der Waals surface area contributed by atoms with Gasteiger partial charge in [0.1, 0.15) is 0 Å². The molecule has 23 heavy (non-hydrogen) atoms. The summed E-state index contributed by atoms with van der Waals surface area (Å²) in [7, 11) is 3.01. The van der Waals surface area contributed by atoms with Crippen LogP contribution in [0, 0.1) is 0 Å². The third kappa shape index (κ3) is 6.12. The van der Waals surface area contributed by atoms with Crippen LogP contribution in [0.15, 0.2) is 12.1 Å². The molecule has 7 nitrogen and oxygen atoms in total. The summed E-state index contributed by atoms with van der Waals surface area (Å²) >= 11 is 1.72. The first-order valence-corrected chi connectivity index (χ1v) is 7.98. The molecule has 0 heterocycles. The maximum absolute atomic E-state index is 11.8. The van der Waals surface area contributed by atoms with Crippen LogP contribution in [0.4, 0.5) is 5.69 Å². The van der Waals surface area contributed by atoms with Gasteiger partial charge in [-0.15, -0.1) is 0 Å². The standard InChI is InChI=1S/C15H20INO6/c1-17-11-9-12(22-7-5-3-4-6-14(18)19)13(23-16)8-10(11)15(20)21-2/h8-9,17H,3-7H2,1-2H3,(H,18,19). The lowest BCUT2D eigenvalue weighted by Crippen LogP contribution is -2.07. The van der Waals surface area contributed by atoms with Crippen LogP contribution in [0.25, 0.3) is 0 Å². The third-order valence-electron chi connectivity index (χ3n) is 3.13. The average Bonchev–Trinajstić information content (AvgIpc) is 2.56. The smallest absolute Gasteiger partial charge is 0.340 e. The van der Waals surface area contributed by atoms with Crippen molar-refractivity contribution < 1.29 is 27.2 Å². The van der Waals surface area contributed by atoms with Crippen LogP contribution in [0.3, 0.4) is 0 Å². The van der Waals surface area contributed by atoms with E-state index < -0.39 is 11.9 Å². The maximum atomic E-state index is 11.8. The molecule has 0 aliphatic heterocycles. The monoisotopic (exact) mass is 437 g/mol. The molecular formula is C15H20INO6. The fourth-order valence-electron chi connectivity index (χ4n) is 1.96. The fraction of sp³-hybridized carbons (Fsp3) is 0.467. The summed E-state index contributed by atoms with van der Waals surface area (Å²) in [5.41, 5.74) is 0.936. The second kappa shape index (κ2) is 10.1. The normalized spacial score (nSPS) is 10.0. The molecule has 8 heteroatoms. The lowest BCUT2D eigenvalue weighted by molar-refractivity contribution is -0.137. The van der Waals surface area contributed by atoms with Crippen molar-refractivity contribution in [2.75, 3.05) is 26.1 Å². The number of halogens is 1. The molecule has 1 aromatic carbocycles. The van der Waals surface area contributed by atoms with Crippen molar-refractivity contribution in [1.82, 2.24) is 0 Å². The summed E-state index contributed by atoms with van der Waals surface area (Å²) in [4.78, 5) is 22.2. The van der Waals surface area contributed by atoms with Crippen LogP contribution in [-0.4, -0.2) is 37.8 Å². The zero-order chi connectivity index (χ0) is 17.2. The molecule has 0 amide bonds. The summed E-state index contributed by atoms with van der Waals surface area (Å²) in [6, 6.07) is 3.24. The number of esters is 1. The first kappa shape index (κ1) is 19.3.